The van der Waals surface area contributed by atoms with Crippen LogP contribution in [0.15, 0.2) is 54.7 Å². The molecule has 0 aliphatic heterocycles. The first-order valence-corrected chi connectivity index (χ1v) is 8.53. The van der Waals surface area contributed by atoms with Crippen molar-refractivity contribution in [1.29, 1.82) is 0 Å². The van der Waals surface area contributed by atoms with E-state index in [0.29, 0.717) is 5.95 Å². The Morgan fingerprint density at radius 3 is 2.50 bits per heavy atom. The number of hydrogen-bond donors (Lipinski definition) is 1. The minimum atomic E-state index is 0.580. The lowest BCUT2D eigenvalue weighted by atomic mass is 10.1. The Morgan fingerprint density at radius 2 is 1.71 bits per heavy atom. The number of hydrogen-bond acceptors (Lipinski definition) is 5. The molecule has 0 radical (unpaired) electrons. The number of thiazole rings is 1. The number of fused-ring (bicyclic) bond motifs is 1. The van der Waals surface area contributed by atoms with Gasteiger partial charge in [-0.25, -0.2) is 15.0 Å². The molecule has 24 heavy (non-hydrogen) atoms. The van der Waals surface area contributed by atoms with E-state index in [1.165, 1.54) is 11.1 Å². The molecule has 118 valence electrons. The standard InChI is InChI=1S/C19H16N4S/c1-12-9-13(2)11-14(10-12)21-19-20-8-7-16(23-19)18-22-15-5-3-4-6-17(15)24-18/h3-11H,1-2H3,(H,20,21,23). The summed E-state index contributed by atoms with van der Waals surface area (Å²) in [6, 6.07) is 16.3. The molecule has 0 atom stereocenters. The normalized spacial score (nSPS) is 10.9. The Labute approximate surface area is 144 Å². The highest BCUT2D eigenvalue weighted by molar-refractivity contribution is 7.21. The van der Waals surface area contributed by atoms with Crippen molar-refractivity contribution < 1.29 is 0 Å². The van der Waals surface area contributed by atoms with E-state index in [1.807, 2.05) is 24.3 Å². The third-order valence-corrected chi connectivity index (χ3v) is 4.71. The van der Waals surface area contributed by atoms with Crippen LogP contribution in [0.5, 0.6) is 0 Å². The molecule has 0 saturated carbocycles. The predicted molar refractivity (Wildman–Crippen MR) is 99.8 cm³/mol. The van der Waals surface area contributed by atoms with E-state index in [9.17, 15) is 0 Å². The Kier molecular flexibility index (Phi) is 3.70. The van der Waals surface area contributed by atoms with Crippen LogP contribution >= 0.6 is 11.3 Å². The Balaban J connectivity index is 1.68. The van der Waals surface area contributed by atoms with Gasteiger partial charge in [-0.05, 0) is 55.3 Å². The number of rotatable bonds is 3. The van der Waals surface area contributed by atoms with Crippen molar-refractivity contribution in [3.63, 3.8) is 0 Å². The van der Waals surface area contributed by atoms with Crippen LogP contribution < -0.4 is 5.32 Å². The molecule has 2 aromatic carbocycles. The topological polar surface area (TPSA) is 50.7 Å². The molecule has 5 heteroatoms. The smallest absolute Gasteiger partial charge is 0.227 e. The number of benzene rings is 2. The van der Waals surface area contributed by atoms with Crippen LogP contribution in [-0.4, -0.2) is 15.0 Å². The van der Waals surface area contributed by atoms with Crippen LogP contribution in [0.3, 0.4) is 0 Å². The van der Waals surface area contributed by atoms with Gasteiger partial charge in [0.2, 0.25) is 5.95 Å². The lowest BCUT2D eigenvalue weighted by Gasteiger charge is -2.07. The van der Waals surface area contributed by atoms with Crippen LogP contribution in [0.25, 0.3) is 20.9 Å². The van der Waals surface area contributed by atoms with Crippen LogP contribution in [0.1, 0.15) is 11.1 Å². The Hall–Kier alpha value is -2.79. The average molecular weight is 332 g/mol. The number of anilines is 2. The zero-order valence-electron chi connectivity index (χ0n) is 13.4. The van der Waals surface area contributed by atoms with Gasteiger partial charge < -0.3 is 5.32 Å². The summed E-state index contributed by atoms with van der Waals surface area (Å²) in [6.45, 7) is 4.16. The molecule has 0 aliphatic carbocycles. The molecule has 2 aromatic heterocycles. The fourth-order valence-electron chi connectivity index (χ4n) is 2.70. The van der Waals surface area contributed by atoms with Crippen molar-refractivity contribution in [3.8, 4) is 10.7 Å². The molecule has 4 aromatic rings. The van der Waals surface area contributed by atoms with Crippen molar-refractivity contribution in [2.24, 2.45) is 0 Å². The van der Waals surface area contributed by atoms with Crippen LogP contribution in [0.2, 0.25) is 0 Å². The molecular weight excluding hydrogens is 316 g/mol. The number of nitrogens with zero attached hydrogens (tertiary/aromatic N) is 3. The second-order valence-electron chi connectivity index (χ2n) is 5.75. The molecule has 0 spiro atoms. The molecule has 0 unspecified atom stereocenters. The van der Waals surface area contributed by atoms with E-state index in [4.69, 9.17) is 0 Å². The van der Waals surface area contributed by atoms with E-state index in [1.54, 1.807) is 17.5 Å². The molecule has 1 N–H and O–H groups in total. The third-order valence-electron chi connectivity index (χ3n) is 3.65. The first-order valence-electron chi connectivity index (χ1n) is 7.72. The van der Waals surface area contributed by atoms with Crippen LogP contribution in [0, 0.1) is 13.8 Å². The fourth-order valence-corrected chi connectivity index (χ4v) is 3.63. The van der Waals surface area contributed by atoms with E-state index >= 15 is 0 Å². The molecule has 0 saturated heterocycles. The van der Waals surface area contributed by atoms with Crippen molar-refractivity contribution in [2.75, 3.05) is 5.32 Å². The summed E-state index contributed by atoms with van der Waals surface area (Å²) in [4.78, 5) is 13.6. The van der Waals surface area contributed by atoms with Gasteiger partial charge in [0.15, 0.2) is 0 Å². The monoisotopic (exact) mass is 332 g/mol. The van der Waals surface area contributed by atoms with Gasteiger partial charge in [-0.3, -0.25) is 0 Å². The minimum absolute atomic E-state index is 0.580. The van der Waals surface area contributed by atoms with E-state index in [2.05, 4.69) is 58.4 Å². The second kappa shape index (κ2) is 6.02. The number of para-hydroxylation sites is 1. The van der Waals surface area contributed by atoms with Gasteiger partial charge in [-0.15, -0.1) is 11.3 Å². The summed E-state index contributed by atoms with van der Waals surface area (Å²) in [5, 5.41) is 4.19. The molecule has 0 bridgehead atoms. The van der Waals surface area contributed by atoms with E-state index in [-0.39, 0.29) is 0 Å². The van der Waals surface area contributed by atoms with Gasteiger partial charge >= 0.3 is 0 Å². The first-order chi connectivity index (χ1) is 11.7. The summed E-state index contributed by atoms with van der Waals surface area (Å²) in [6.07, 6.45) is 1.76. The maximum atomic E-state index is 4.66. The van der Waals surface area contributed by atoms with E-state index in [0.717, 1.165) is 26.6 Å². The summed E-state index contributed by atoms with van der Waals surface area (Å²) in [7, 11) is 0. The SMILES string of the molecule is Cc1cc(C)cc(Nc2nccc(-c3nc4ccccc4s3)n2)c1. The van der Waals surface area contributed by atoms with Gasteiger partial charge in [0.25, 0.3) is 0 Å². The Morgan fingerprint density at radius 1 is 0.917 bits per heavy atom. The molecule has 0 amide bonds. The Bertz CT molecular complexity index is 969. The van der Waals surface area contributed by atoms with Gasteiger partial charge in [0.05, 0.1) is 10.2 Å². The minimum Gasteiger partial charge on any atom is -0.324 e. The van der Waals surface area contributed by atoms with Gasteiger partial charge in [-0.1, -0.05) is 18.2 Å². The van der Waals surface area contributed by atoms with Gasteiger partial charge in [0.1, 0.15) is 10.7 Å². The largest absolute Gasteiger partial charge is 0.324 e. The van der Waals surface area contributed by atoms with Gasteiger partial charge in [0, 0.05) is 11.9 Å². The maximum absolute atomic E-state index is 4.66. The third kappa shape index (κ3) is 2.98. The average Bonchev–Trinajstić information content (AvgIpc) is 2.98. The van der Waals surface area contributed by atoms with Crippen molar-refractivity contribution >= 4 is 33.2 Å². The highest BCUT2D eigenvalue weighted by Gasteiger charge is 2.09. The van der Waals surface area contributed by atoms with E-state index < -0.39 is 0 Å². The molecule has 2 heterocycles. The molecule has 0 aliphatic rings. The highest BCUT2D eigenvalue weighted by atomic mass is 32.1. The molecule has 4 nitrogen and oxygen atoms in total. The fraction of sp³-hybridized carbons (Fsp3) is 0.105. The van der Waals surface area contributed by atoms with Crippen LogP contribution in [-0.2, 0) is 0 Å². The summed E-state index contributed by atoms with van der Waals surface area (Å²) in [5.41, 5.74) is 5.24. The van der Waals surface area contributed by atoms with Crippen molar-refractivity contribution in [3.05, 3.63) is 65.9 Å². The van der Waals surface area contributed by atoms with Crippen LogP contribution in [0.4, 0.5) is 11.6 Å². The number of aryl methyl sites for hydroxylation is 2. The summed E-state index contributed by atoms with van der Waals surface area (Å²) in [5.74, 6) is 0.580. The number of aromatic nitrogens is 3. The quantitative estimate of drug-likeness (QED) is 0.566. The van der Waals surface area contributed by atoms with Crippen molar-refractivity contribution in [1.82, 2.24) is 15.0 Å². The van der Waals surface area contributed by atoms with Crippen molar-refractivity contribution in [2.45, 2.75) is 13.8 Å². The lowest BCUT2D eigenvalue weighted by molar-refractivity contribution is 1.16. The predicted octanol–water partition coefficient (Wildman–Crippen LogP) is 5.11. The molecule has 4 rings (SSSR count). The highest BCUT2D eigenvalue weighted by Crippen LogP contribution is 2.29. The second-order valence-corrected chi connectivity index (χ2v) is 6.78. The summed E-state index contributed by atoms with van der Waals surface area (Å²) >= 11 is 1.64. The lowest BCUT2D eigenvalue weighted by Crippen LogP contribution is -1.98. The summed E-state index contributed by atoms with van der Waals surface area (Å²) < 4.78 is 1.16. The zero-order valence-corrected chi connectivity index (χ0v) is 14.3. The van der Waals surface area contributed by atoms with Gasteiger partial charge in [-0.2, -0.15) is 0 Å². The zero-order chi connectivity index (χ0) is 16.5. The molecular formula is C19H16N4S. The maximum Gasteiger partial charge on any atom is 0.227 e. The first kappa shape index (κ1) is 14.8. The number of nitrogens with one attached hydrogen (secondary N) is 1. The molecule has 0 fully saturated rings.